The number of aryl methyl sites for hydroxylation is 2. The summed E-state index contributed by atoms with van der Waals surface area (Å²) in [5.41, 5.74) is 2.72. The third-order valence-corrected chi connectivity index (χ3v) is 4.70. The SMILES string of the molecule is Cc1cc(C)nc(Nc2cnc([C@@H]3CCCN(C(CO)CO)C3)cn2)n1. The van der Waals surface area contributed by atoms with Gasteiger partial charge in [0.2, 0.25) is 5.95 Å². The second-order valence-corrected chi connectivity index (χ2v) is 6.78. The fourth-order valence-electron chi connectivity index (χ4n) is 3.38. The number of nitrogens with zero attached hydrogens (tertiary/aromatic N) is 5. The topological polar surface area (TPSA) is 107 Å². The second kappa shape index (κ2) is 8.48. The van der Waals surface area contributed by atoms with Crippen molar-refractivity contribution in [1.82, 2.24) is 24.8 Å². The number of hydrogen-bond acceptors (Lipinski definition) is 8. The predicted octanol–water partition coefficient (Wildman–Crippen LogP) is 1.16. The third kappa shape index (κ3) is 4.51. The minimum absolute atomic E-state index is 0.0341. The van der Waals surface area contributed by atoms with Crippen molar-refractivity contribution in [2.45, 2.75) is 38.6 Å². The summed E-state index contributed by atoms with van der Waals surface area (Å²) in [6.07, 6.45) is 5.53. The molecule has 1 fully saturated rings. The number of aliphatic hydroxyl groups is 2. The Balaban J connectivity index is 1.67. The number of anilines is 2. The van der Waals surface area contributed by atoms with E-state index in [-0.39, 0.29) is 25.2 Å². The van der Waals surface area contributed by atoms with Gasteiger partial charge in [-0.25, -0.2) is 15.0 Å². The summed E-state index contributed by atoms with van der Waals surface area (Å²) in [7, 11) is 0. The third-order valence-electron chi connectivity index (χ3n) is 4.70. The summed E-state index contributed by atoms with van der Waals surface area (Å²) < 4.78 is 0. The van der Waals surface area contributed by atoms with Gasteiger partial charge in [-0.3, -0.25) is 9.88 Å². The van der Waals surface area contributed by atoms with E-state index < -0.39 is 0 Å². The van der Waals surface area contributed by atoms with Gasteiger partial charge in [0.1, 0.15) is 0 Å². The van der Waals surface area contributed by atoms with Crippen LogP contribution >= 0.6 is 0 Å². The fourth-order valence-corrected chi connectivity index (χ4v) is 3.38. The van der Waals surface area contributed by atoms with Crippen LogP contribution in [0.3, 0.4) is 0 Å². The summed E-state index contributed by atoms with van der Waals surface area (Å²) >= 11 is 0. The van der Waals surface area contributed by atoms with Crippen molar-refractivity contribution < 1.29 is 10.2 Å². The van der Waals surface area contributed by atoms with E-state index in [0.717, 1.165) is 43.0 Å². The zero-order valence-corrected chi connectivity index (χ0v) is 15.3. The van der Waals surface area contributed by atoms with E-state index in [2.05, 4.69) is 30.2 Å². The van der Waals surface area contributed by atoms with Crippen LogP contribution in [0.5, 0.6) is 0 Å². The molecule has 1 aliphatic heterocycles. The molecule has 3 heterocycles. The molecule has 0 spiro atoms. The molecule has 3 rings (SSSR count). The maximum Gasteiger partial charge on any atom is 0.228 e. The van der Waals surface area contributed by atoms with Gasteiger partial charge in [0.15, 0.2) is 5.82 Å². The molecule has 0 aromatic carbocycles. The molecule has 0 saturated carbocycles. The first-order valence-electron chi connectivity index (χ1n) is 8.96. The fraction of sp³-hybridized carbons (Fsp3) is 0.556. The van der Waals surface area contributed by atoms with Gasteiger partial charge in [-0.05, 0) is 39.3 Å². The molecule has 3 N–H and O–H groups in total. The molecule has 0 unspecified atom stereocenters. The van der Waals surface area contributed by atoms with Crippen molar-refractivity contribution in [3.8, 4) is 0 Å². The van der Waals surface area contributed by atoms with Gasteiger partial charge in [-0.15, -0.1) is 0 Å². The highest BCUT2D eigenvalue weighted by Crippen LogP contribution is 2.26. The minimum Gasteiger partial charge on any atom is -0.395 e. The highest BCUT2D eigenvalue weighted by Gasteiger charge is 2.27. The quantitative estimate of drug-likeness (QED) is 0.706. The van der Waals surface area contributed by atoms with Crippen molar-refractivity contribution in [3.05, 3.63) is 35.5 Å². The van der Waals surface area contributed by atoms with Crippen LogP contribution in [0.25, 0.3) is 0 Å². The number of piperidine rings is 1. The molecular weight excluding hydrogens is 332 g/mol. The van der Waals surface area contributed by atoms with Gasteiger partial charge in [-0.1, -0.05) is 0 Å². The van der Waals surface area contributed by atoms with Crippen LogP contribution in [0, 0.1) is 13.8 Å². The lowest BCUT2D eigenvalue weighted by Crippen LogP contribution is -2.45. The Morgan fingerprint density at radius 2 is 1.88 bits per heavy atom. The molecule has 0 radical (unpaired) electrons. The van der Waals surface area contributed by atoms with Crippen LogP contribution in [-0.2, 0) is 0 Å². The molecule has 1 aliphatic rings. The highest BCUT2D eigenvalue weighted by atomic mass is 16.3. The van der Waals surface area contributed by atoms with Gasteiger partial charge in [-0.2, -0.15) is 0 Å². The molecule has 8 heteroatoms. The Kier molecular flexibility index (Phi) is 6.08. The molecule has 1 atom stereocenters. The van der Waals surface area contributed by atoms with Crippen molar-refractivity contribution in [2.24, 2.45) is 0 Å². The lowest BCUT2D eigenvalue weighted by atomic mass is 9.94. The predicted molar refractivity (Wildman–Crippen MR) is 98.3 cm³/mol. The monoisotopic (exact) mass is 358 g/mol. The van der Waals surface area contributed by atoms with Crippen LogP contribution in [0.15, 0.2) is 18.5 Å². The first-order valence-corrected chi connectivity index (χ1v) is 8.96. The number of aliphatic hydroxyl groups excluding tert-OH is 2. The average Bonchev–Trinajstić information content (AvgIpc) is 2.63. The lowest BCUT2D eigenvalue weighted by molar-refractivity contribution is 0.0545. The molecule has 26 heavy (non-hydrogen) atoms. The van der Waals surface area contributed by atoms with Crippen LogP contribution in [-0.4, -0.2) is 67.4 Å². The number of aromatic nitrogens is 4. The van der Waals surface area contributed by atoms with Crippen molar-refractivity contribution in [2.75, 3.05) is 31.6 Å². The van der Waals surface area contributed by atoms with Crippen molar-refractivity contribution in [1.29, 1.82) is 0 Å². The smallest absolute Gasteiger partial charge is 0.228 e. The molecule has 0 aliphatic carbocycles. The summed E-state index contributed by atoms with van der Waals surface area (Å²) in [4.78, 5) is 19.8. The second-order valence-electron chi connectivity index (χ2n) is 6.78. The first-order chi connectivity index (χ1) is 12.6. The molecule has 8 nitrogen and oxygen atoms in total. The van der Waals surface area contributed by atoms with E-state index in [1.54, 1.807) is 12.4 Å². The normalized spacial score (nSPS) is 18.3. The van der Waals surface area contributed by atoms with E-state index in [9.17, 15) is 10.2 Å². The maximum absolute atomic E-state index is 9.40. The van der Waals surface area contributed by atoms with Gasteiger partial charge < -0.3 is 15.5 Å². The van der Waals surface area contributed by atoms with Crippen molar-refractivity contribution >= 4 is 11.8 Å². The molecule has 0 amide bonds. The lowest BCUT2D eigenvalue weighted by Gasteiger charge is -2.36. The summed E-state index contributed by atoms with van der Waals surface area (Å²) in [6, 6.07) is 1.72. The Morgan fingerprint density at radius 3 is 2.50 bits per heavy atom. The van der Waals surface area contributed by atoms with Crippen LogP contribution in [0.2, 0.25) is 0 Å². The minimum atomic E-state index is -0.201. The van der Waals surface area contributed by atoms with Gasteiger partial charge in [0, 0.05) is 23.9 Å². The number of hydrogen-bond donors (Lipinski definition) is 3. The number of likely N-dealkylation sites (tertiary alicyclic amines) is 1. The Hall–Kier alpha value is -2.16. The average molecular weight is 358 g/mol. The van der Waals surface area contributed by atoms with Crippen LogP contribution < -0.4 is 5.32 Å². The largest absolute Gasteiger partial charge is 0.395 e. The van der Waals surface area contributed by atoms with Gasteiger partial charge in [0.05, 0.1) is 37.3 Å². The summed E-state index contributed by atoms with van der Waals surface area (Å²) in [5, 5.41) is 21.9. The van der Waals surface area contributed by atoms with E-state index in [1.807, 2.05) is 19.9 Å². The highest BCUT2D eigenvalue weighted by molar-refractivity contribution is 5.46. The van der Waals surface area contributed by atoms with Crippen LogP contribution in [0.4, 0.5) is 11.8 Å². The first kappa shape index (κ1) is 18.6. The van der Waals surface area contributed by atoms with Crippen molar-refractivity contribution in [3.63, 3.8) is 0 Å². The Bertz CT molecular complexity index is 700. The molecule has 1 saturated heterocycles. The van der Waals surface area contributed by atoms with E-state index in [4.69, 9.17) is 0 Å². The molecular formula is C18H26N6O2. The maximum atomic E-state index is 9.40. The molecule has 2 aromatic rings. The zero-order valence-electron chi connectivity index (χ0n) is 15.3. The van der Waals surface area contributed by atoms with E-state index in [1.165, 1.54) is 0 Å². The van der Waals surface area contributed by atoms with E-state index >= 15 is 0 Å². The molecule has 140 valence electrons. The number of nitrogens with one attached hydrogen (secondary N) is 1. The van der Waals surface area contributed by atoms with Crippen LogP contribution in [0.1, 0.15) is 35.8 Å². The van der Waals surface area contributed by atoms with Gasteiger partial charge >= 0.3 is 0 Å². The number of rotatable bonds is 6. The summed E-state index contributed by atoms with van der Waals surface area (Å²) in [6.45, 7) is 5.44. The Labute approximate surface area is 153 Å². The zero-order chi connectivity index (χ0) is 18.5. The van der Waals surface area contributed by atoms with Gasteiger partial charge in [0.25, 0.3) is 0 Å². The van der Waals surface area contributed by atoms with E-state index in [0.29, 0.717) is 11.8 Å². The Morgan fingerprint density at radius 1 is 1.15 bits per heavy atom. The standard InChI is InChI=1S/C18H26N6O2/c1-12-6-13(2)22-18(21-12)23-17-8-19-16(7-20-17)14-4-3-5-24(9-14)15(10-25)11-26/h6-8,14-15,25-26H,3-5,9-11H2,1-2H3,(H,20,21,22,23)/t14-/m1/s1. The summed E-state index contributed by atoms with van der Waals surface area (Å²) in [5.74, 6) is 1.38. The molecule has 0 bridgehead atoms. The molecule has 2 aromatic heterocycles.